The highest BCUT2D eigenvalue weighted by atomic mass is 16.5. The SMILES string of the molecule is COc1ccccc1Oc1ccc(NC=O)c(C(=O)O)c1. The number of carbonyl (C=O) groups is 2. The first-order valence-electron chi connectivity index (χ1n) is 6.04. The number of amides is 1. The quantitative estimate of drug-likeness (QED) is 0.798. The summed E-state index contributed by atoms with van der Waals surface area (Å²) >= 11 is 0. The lowest BCUT2D eigenvalue weighted by molar-refractivity contribution is -0.105. The topological polar surface area (TPSA) is 84.9 Å². The second-order valence-electron chi connectivity index (χ2n) is 4.03. The molecule has 0 atom stereocenters. The molecule has 2 rings (SSSR count). The van der Waals surface area contributed by atoms with Gasteiger partial charge >= 0.3 is 5.97 Å². The molecule has 0 saturated carbocycles. The zero-order valence-corrected chi connectivity index (χ0v) is 11.2. The summed E-state index contributed by atoms with van der Waals surface area (Å²) in [6.45, 7) is 0. The van der Waals surface area contributed by atoms with Gasteiger partial charge in [0.1, 0.15) is 5.75 Å². The van der Waals surface area contributed by atoms with E-state index in [1.165, 1.54) is 19.2 Å². The third kappa shape index (κ3) is 3.30. The minimum absolute atomic E-state index is 0.0607. The lowest BCUT2D eigenvalue weighted by Crippen LogP contribution is -2.04. The molecule has 0 bridgehead atoms. The molecule has 0 fully saturated rings. The van der Waals surface area contributed by atoms with Crippen molar-refractivity contribution in [1.82, 2.24) is 0 Å². The van der Waals surface area contributed by atoms with Gasteiger partial charge in [0.25, 0.3) is 0 Å². The Morgan fingerprint density at radius 1 is 1.19 bits per heavy atom. The summed E-state index contributed by atoms with van der Waals surface area (Å²) in [6.07, 6.45) is 0.419. The Balaban J connectivity index is 2.34. The number of hydrogen-bond acceptors (Lipinski definition) is 4. The fourth-order valence-electron chi connectivity index (χ4n) is 1.78. The summed E-state index contributed by atoms with van der Waals surface area (Å²) in [5.74, 6) is 0.162. The van der Waals surface area contributed by atoms with Crippen LogP contribution in [0.3, 0.4) is 0 Å². The van der Waals surface area contributed by atoms with Gasteiger partial charge in [0.05, 0.1) is 18.4 Å². The number of nitrogens with one attached hydrogen (secondary N) is 1. The molecule has 0 unspecified atom stereocenters. The molecule has 0 saturated heterocycles. The number of anilines is 1. The van der Waals surface area contributed by atoms with E-state index in [2.05, 4.69) is 5.32 Å². The Kier molecular flexibility index (Phi) is 4.40. The molecule has 0 aliphatic carbocycles. The summed E-state index contributed by atoms with van der Waals surface area (Å²) in [5, 5.41) is 11.5. The van der Waals surface area contributed by atoms with E-state index in [9.17, 15) is 9.59 Å². The minimum atomic E-state index is -1.16. The van der Waals surface area contributed by atoms with Gasteiger partial charge in [0.2, 0.25) is 6.41 Å². The Hall–Kier alpha value is -3.02. The maximum atomic E-state index is 11.2. The zero-order valence-electron chi connectivity index (χ0n) is 11.2. The smallest absolute Gasteiger partial charge is 0.337 e. The lowest BCUT2D eigenvalue weighted by Gasteiger charge is -2.11. The standard InChI is InChI=1S/C15H13NO5/c1-20-13-4-2-3-5-14(13)21-10-6-7-12(16-9-17)11(8-10)15(18)19/h2-9H,1H3,(H,16,17)(H,18,19). The van der Waals surface area contributed by atoms with Crippen LogP contribution >= 0.6 is 0 Å². The number of carboxylic acid groups (broad SMARTS) is 1. The predicted molar refractivity (Wildman–Crippen MR) is 76.2 cm³/mol. The molecule has 2 aromatic carbocycles. The molecule has 6 heteroatoms. The van der Waals surface area contributed by atoms with Crippen LogP contribution in [0.2, 0.25) is 0 Å². The number of methoxy groups -OCH3 is 1. The fourth-order valence-corrected chi connectivity index (χ4v) is 1.78. The van der Waals surface area contributed by atoms with Gasteiger partial charge in [-0.1, -0.05) is 12.1 Å². The van der Waals surface area contributed by atoms with Crippen molar-refractivity contribution in [2.45, 2.75) is 0 Å². The summed E-state index contributed by atoms with van der Waals surface area (Å²) < 4.78 is 10.8. The summed E-state index contributed by atoms with van der Waals surface area (Å²) in [4.78, 5) is 21.6. The average molecular weight is 287 g/mol. The van der Waals surface area contributed by atoms with E-state index in [1.807, 2.05) is 0 Å². The first-order chi connectivity index (χ1) is 10.2. The first kappa shape index (κ1) is 14.4. The summed E-state index contributed by atoms with van der Waals surface area (Å²) in [5.41, 5.74) is 0.138. The highest BCUT2D eigenvalue weighted by Crippen LogP contribution is 2.32. The van der Waals surface area contributed by atoms with Crippen LogP contribution < -0.4 is 14.8 Å². The summed E-state index contributed by atoms with van der Waals surface area (Å²) in [6, 6.07) is 11.4. The predicted octanol–water partition coefficient (Wildman–Crippen LogP) is 2.75. The molecular weight excluding hydrogens is 274 g/mol. The van der Waals surface area contributed by atoms with Crippen molar-refractivity contribution in [3.8, 4) is 17.2 Å². The van der Waals surface area contributed by atoms with Crippen molar-refractivity contribution in [3.63, 3.8) is 0 Å². The average Bonchev–Trinajstić information content (AvgIpc) is 2.49. The van der Waals surface area contributed by atoms with Crippen LogP contribution in [-0.4, -0.2) is 24.6 Å². The number of rotatable bonds is 6. The third-order valence-corrected chi connectivity index (χ3v) is 2.73. The Morgan fingerprint density at radius 3 is 2.52 bits per heavy atom. The van der Waals surface area contributed by atoms with Gasteiger partial charge in [0, 0.05) is 0 Å². The Bertz CT molecular complexity index is 669. The van der Waals surface area contributed by atoms with Gasteiger partial charge in [-0.3, -0.25) is 4.79 Å². The fraction of sp³-hybridized carbons (Fsp3) is 0.0667. The maximum Gasteiger partial charge on any atom is 0.337 e. The molecule has 2 N–H and O–H groups in total. The van der Waals surface area contributed by atoms with Crippen molar-refractivity contribution in [1.29, 1.82) is 0 Å². The summed E-state index contributed by atoms with van der Waals surface area (Å²) in [7, 11) is 1.52. The third-order valence-electron chi connectivity index (χ3n) is 2.73. The van der Waals surface area contributed by atoms with Crippen molar-refractivity contribution in [2.24, 2.45) is 0 Å². The largest absolute Gasteiger partial charge is 0.493 e. The zero-order chi connectivity index (χ0) is 15.2. The highest BCUT2D eigenvalue weighted by molar-refractivity contribution is 5.97. The van der Waals surface area contributed by atoms with Crippen LogP contribution in [0.15, 0.2) is 42.5 Å². The minimum Gasteiger partial charge on any atom is -0.493 e. The number of carboxylic acids is 1. The molecule has 6 nitrogen and oxygen atoms in total. The normalized spacial score (nSPS) is 9.76. The van der Waals surface area contributed by atoms with Crippen molar-refractivity contribution in [3.05, 3.63) is 48.0 Å². The number of benzene rings is 2. The van der Waals surface area contributed by atoms with Crippen LogP contribution in [0.5, 0.6) is 17.2 Å². The van der Waals surface area contributed by atoms with Crippen LogP contribution in [0.1, 0.15) is 10.4 Å². The van der Waals surface area contributed by atoms with E-state index in [0.717, 1.165) is 0 Å². The monoisotopic (exact) mass is 287 g/mol. The first-order valence-corrected chi connectivity index (χ1v) is 6.04. The number of para-hydroxylation sites is 2. The van der Waals surface area contributed by atoms with Crippen LogP contribution in [0.4, 0.5) is 5.69 Å². The Labute approximate surface area is 120 Å². The van der Waals surface area contributed by atoms with Crippen molar-refractivity contribution >= 4 is 18.1 Å². The molecular formula is C15H13NO5. The molecule has 0 aliphatic rings. The molecule has 0 radical (unpaired) electrons. The Morgan fingerprint density at radius 2 is 1.90 bits per heavy atom. The highest BCUT2D eigenvalue weighted by Gasteiger charge is 2.12. The van der Waals surface area contributed by atoms with Gasteiger partial charge in [0.15, 0.2) is 11.5 Å². The maximum absolute atomic E-state index is 11.2. The molecule has 21 heavy (non-hydrogen) atoms. The van der Waals surface area contributed by atoms with Gasteiger partial charge < -0.3 is 19.9 Å². The van der Waals surface area contributed by atoms with E-state index in [0.29, 0.717) is 23.7 Å². The van der Waals surface area contributed by atoms with E-state index < -0.39 is 5.97 Å². The molecule has 0 heterocycles. The van der Waals surface area contributed by atoms with E-state index in [-0.39, 0.29) is 11.3 Å². The van der Waals surface area contributed by atoms with Crippen LogP contribution in [0.25, 0.3) is 0 Å². The number of aromatic carboxylic acids is 1. The van der Waals surface area contributed by atoms with Gasteiger partial charge in [-0.2, -0.15) is 0 Å². The number of carbonyl (C=O) groups excluding carboxylic acids is 1. The molecule has 0 spiro atoms. The molecule has 0 aromatic heterocycles. The van der Waals surface area contributed by atoms with E-state index in [4.69, 9.17) is 14.6 Å². The van der Waals surface area contributed by atoms with Gasteiger partial charge in [-0.25, -0.2) is 4.79 Å². The molecule has 108 valence electrons. The van der Waals surface area contributed by atoms with Gasteiger partial charge in [-0.05, 0) is 30.3 Å². The number of hydrogen-bond donors (Lipinski definition) is 2. The molecule has 0 aliphatic heterocycles. The number of ether oxygens (including phenoxy) is 2. The molecule has 1 amide bonds. The van der Waals surface area contributed by atoms with Crippen molar-refractivity contribution in [2.75, 3.05) is 12.4 Å². The van der Waals surface area contributed by atoms with E-state index >= 15 is 0 Å². The van der Waals surface area contributed by atoms with Gasteiger partial charge in [-0.15, -0.1) is 0 Å². The lowest BCUT2D eigenvalue weighted by atomic mass is 10.1. The van der Waals surface area contributed by atoms with Crippen molar-refractivity contribution < 1.29 is 24.2 Å². The molecule has 2 aromatic rings. The van der Waals surface area contributed by atoms with E-state index in [1.54, 1.807) is 30.3 Å². The second-order valence-corrected chi connectivity index (χ2v) is 4.03. The van der Waals surface area contributed by atoms with Crippen LogP contribution in [-0.2, 0) is 4.79 Å². The van der Waals surface area contributed by atoms with Crippen LogP contribution in [0, 0.1) is 0 Å². The second kappa shape index (κ2) is 6.42.